The molecule has 9 heteroatoms. The second kappa shape index (κ2) is 7.94. The van der Waals surface area contributed by atoms with E-state index in [0.717, 1.165) is 21.8 Å². The van der Waals surface area contributed by atoms with Gasteiger partial charge < -0.3 is 19.5 Å². The predicted octanol–water partition coefficient (Wildman–Crippen LogP) is 1.98. The molecule has 1 aromatic carbocycles. The number of aryl methyl sites for hydroxylation is 1. The van der Waals surface area contributed by atoms with Crippen LogP contribution in [0.5, 0.6) is 0 Å². The van der Waals surface area contributed by atoms with E-state index in [0.29, 0.717) is 31.7 Å². The number of carbonyl (C=O) groups excluding carboxylic acids is 3. The van der Waals surface area contributed by atoms with Crippen LogP contribution in [-0.2, 0) is 19.1 Å². The molecule has 2 aromatic rings. The van der Waals surface area contributed by atoms with Crippen LogP contribution in [0.3, 0.4) is 0 Å². The van der Waals surface area contributed by atoms with E-state index in [1.54, 1.807) is 11.9 Å². The number of imidazole rings is 1. The minimum absolute atomic E-state index is 0.0353. The van der Waals surface area contributed by atoms with Gasteiger partial charge in [0.05, 0.1) is 35.4 Å². The number of amides is 2. The lowest BCUT2D eigenvalue weighted by Gasteiger charge is -2.45. The third-order valence-electron chi connectivity index (χ3n) is 6.49. The van der Waals surface area contributed by atoms with E-state index in [4.69, 9.17) is 4.74 Å². The highest BCUT2D eigenvalue weighted by Gasteiger charge is 2.55. The second-order valence-corrected chi connectivity index (χ2v) is 9.03. The summed E-state index contributed by atoms with van der Waals surface area (Å²) in [5.74, 6) is -0.524. The van der Waals surface area contributed by atoms with Gasteiger partial charge in [-0.1, -0.05) is 17.8 Å². The third kappa shape index (κ3) is 3.55. The molecule has 0 bridgehead atoms. The van der Waals surface area contributed by atoms with Crippen LogP contribution < -0.4 is 0 Å². The Hall–Kier alpha value is -2.55. The molecular formula is C21H26N4O4S. The number of nitrogens with one attached hydrogen (secondary N) is 1. The Morgan fingerprint density at radius 1 is 1.33 bits per heavy atom. The number of aromatic amines is 1. The molecule has 1 unspecified atom stereocenters. The van der Waals surface area contributed by atoms with Crippen molar-refractivity contribution in [1.82, 2.24) is 19.8 Å². The minimum Gasteiger partial charge on any atom is -0.469 e. The lowest BCUT2D eigenvalue weighted by molar-refractivity contribution is -0.150. The van der Waals surface area contributed by atoms with Crippen molar-refractivity contribution in [3.05, 3.63) is 23.8 Å². The molecule has 2 fully saturated rings. The molecule has 2 aliphatic rings. The summed E-state index contributed by atoms with van der Waals surface area (Å²) in [5, 5.41) is 0.726. The van der Waals surface area contributed by atoms with Crippen molar-refractivity contribution in [3.8, 4) is 0 Å². The molecule has 30 heavy (non-hydrogen) atoms. The molecule has 2 amide bonds. The average Bonchev–Trinajstić information content (AvgIpc) is 3.26. The first-order valence-corrected chi connectivity index (χ1v) is 11.0. The van der Waals surface area contributed by atoms with Gasteiger partial charge in [0.1, 0.15) is 0 Å². The highest BCUT2D eigenvalue weighted by atomic mass is 32.2. The van der Waals surface area contributed by atoms with Crippen molar-refractivity contribution in [2.45, 2.75) is 36.9 Å². The van der Waals surface area contributed by atoms with Gasteiger partial charge in [-0.15, -0.1) is 0 Å². The number of fused-ring (bicyclic) bond motifs is 1. The number of carbonyl (C=O) groups is 3. The maximum absolute atomic E-state index is 12.8. The van der Waals surface area contributed by atoms with Crippen molar-refractivity contribution in [2.75, 3.05) is 33.0 Å². The van der Waals surface area contributed by atoms with Crippen molar-refractivity contribution in [3.63, 3.8) is 0 Å². The summed E-state index contributed by atoms with van der Waals surface area (Å²) < 4.78 is 4.94. The quantitative estimate of drug-likeness (QED) is 0.589. The van der Waals surface area contributed by atoms with E-state index in [1.165, 1.54) is 18.9 Å². The lowest BCUT2D eigenvalue weighted by Crippen LogP contribution is -2.57. The molecule has 8 nitrogen and oxygen atoms in total. The zero-order valence-corrected chi connectivity index (χ0v) is 18.3. The Balaban J connectivity index is 1.37. The fourth-order valence-corrected chi connectivity index (χ4v) is 5.43. The predicted molar refractivity (Wildman–Crippen MR) is 113 cm³/mol. The summed E-state index contributed by atoms with van der Waals surface area (Å²) in [6, 6.07) is 6.02. The van der Waals surface area contributed by atoms with E-state index >= 15 is 0 Å². The van der Waals surface area contributed by atoms with Crippen molar-refractivity contribution >= 4 is 40.6 Å². The molecule has 1 atom stereocenters. The Labute approximate surface area is 179 Å². The van der Waals surface area contributed by atoms with Gasteiger partial charge in [-0.25, -0.2) is 4.98 Å². The monoisotopic (exact) mass is 430 g/mol. The third-order valence-corrected chi connectivity index (χ3v) is 7.34. The van der Waals surface area contributed by atoms with E-state index in [9.17, 15) is 14.4 Å². The summed E-state index contributed by atoms with van der Waals surface area (Å²) in [5.41, 5.74) is 2.46. The first-order chi connectivity index (χ1) is 14.3. The van der Waals surface area contributed by atoms with Crippen molar-refractivity contribution in [2.24, 2.45) is 5.92 Å². The summed E-state index contributed by atoms with van der Waals surface area (Å²) in [4.78, 5) is 48.6. The fraction of sp³-hybridized carbons (Fsp3) is 0.524. The molecule has 0 saturated carbocycles. The number of benzene rings is 1. The van der Waals surface area contributed by atoms with Crippen LogP contribution in [-0.4, -0.2) is 76.1 Å². The van der Waals surface area contributed by atoms with Crippen molar-refractivity contribution < 1.29 is 19.1 Å². The number of esters is 1. The number of ether oxygens (including phenoxy) is 1. The molecule has 1 N–H and O–H groups in total. The number of thioether (sulfide) groups is 1. The summed E-state index contributed by atoms with van der Waals surface area (Å²) in [6.07, 6.45) is 1.34. The number of rotatable bonds is 4. The molecule has 3 heterocycles. The number of H-pyrrole nitrogens is 1. The van der Waals surface area contributed by atoms with Crippen LogP contribution in [0.15, 0.2) is 23.4 Å². The van der Waals surface area contributed by atoms with Crippen LogP contribution in [0.25, 0.3) is 11.0 Å². The number of hydrogen-bond acceptors (Lipinski definition) is 6. The Kier molecular flexibility index (Phi) is 5.48. The van der Waals surface area contributed by atoms with E-state index in [1.807, 2.05) is 30.0 Å². The highest BCUT2D eigenvalue weighted by Crippen LogP contribution is 2.43. The van der Waals surface area contributed by atoms with E-state index in [-0.39, 0.29) is 24.2 Å². The molecule has 160 valence electrons. The molecule has 4 rings (SSSR count). The lowest BCUT2D eigenvalue weighted by atomic mass is 9.77. The van der Waals surface area contributed by atoms with Crippen molar-refractivity contribution in [1.29, 1.82) is 0 Å². The molecule has 1 spiro atoms. The Bertz CT molecular complexity index is 996. The topological polar surface area (TPSA) is 95.6 Å². The number of methoxy groups -OCH3 is 1. The summed E-state index contributed by atoms with van der Waals surface area (Å²) in [7, 11) is 3.11. The van der Waals surface area contributed by atoms with Crippen LogP contribution in [0, 0.1) is 12.8 Å². The van der Waals surface area contributed by atoms with Gasteiger partial charge >= 0.3 is 5.97 Å². The molecule has 1 aromatic heterocycles. The van der Waals surface area contributed by atoms with Crippen LogP contribution >= 0.6 is 11.8 Å². The van der Waals surface area contributed by atoms with Gasteiger partial charge in [-0.3, -0.25) is 14.4 Å². The van der Waals surface area contributed by atoms with Crippen LogP contribution in [0.2, 0.25) is 0 Å². The number of aromatic nitrogens is 2. The maximum Gasteiger partial charge on any atom is 0.311 e. The normalized spacial score (nSPS) is 20.9. The number of likely N-dealkylation sites (tertiary alicyclic amines) is 2. The standard InChI is InChI=1S/C21H26N4O4S/c1-13-4-5-15-16(10-13)23-20(22-15)30-12-18(27)25-8-6-21(7-9-25)14(19(28)29-3)11-17(26)24(21)2/h4-5,10,14H,6-9,11-12H2,1-3H3,(H,22,23). The van der Waals surface area contributed by atoms with Gasteiger partial charge in [0, 0.05) is 26.6 Å². The van der Waals surface area contributed by atoms with E-state index < -0.39 is 11.5 Å². The molecular weight excluding hydrogens is 404 g/mol. The smallest absolute Gasteiger partial charge is 0.311 e. The average molecular weight is 431 g/mol. The molecule has 0 aliphatic carbocycles. The van der Waals surface area contributed by atoms with Gasteiger partial charge in [0.2, 0.25) is 11.8 Å². The summed E-state index contributed by atoms with van der Waals surface area (Å²) >= 11 is 1.39. The summed E-state index contributed by atoms with van der Waals surface area (Å²) in [6.45, 7) is 3.06. The first-order valence-electron chi connectivity index (χ1n) is 10.1. The molecule has 2 aliphatic heterocycles. The largest absolute Gasteiger partial charge is 0.469 e. The number of piperidine rings is 1. The Morgan fingerprint density at radius 3 is 2.77 bits per heavy atom. The fourth-order valence-electron chi connectivity index (χ4n) is 4.65. The zero-order valence-electron chi connectivity index (χ0n) is 17.4. The number of nitrogens with zero attached hydrogens (tertiary/aromatic N) is 3. The second-order valence-electron chi connectivity index (χ2n) is 8.07. The Morgan fingerprint density at radius 2 is 2.07 bits per heavy atom. The molecule has 2 saturated heterocycles. The zero-order chi connectivity index (χ0) is 21.5. The van der Waals surface area contributed by atoms with Gasteiger partial charge in [-0.2, -0.15) is 0 Å². The molecule has 0 radical (unpaired) electrons. The minimum atomic E-state index is -0.551. The SMILES string of the molecule is COC(=O)C1CC(=O)N(C)C12CCN(C(=O)CSc1nc3ccc(C)cc3[nH]1)CC2. The first kappa shape index (κ1) is 20.7. The highest BCUT2D eigenvalue weighted by molar-refractivity contribution is 7.99. The number of hydrogen-bond donors (Lipinski definition) is 1. The van der Waals surface area contributed by atoms with Crippen LogP contribution in [0.4, 0.5) is 0 Å². The van der Waals surface area contributed by atoms with E-state index in [2.05, 4.69) is 9.97 Å². The van der Waals surface area contributed by atoms with Gasteiger partial charge in [-0.05, 0) is 37.5 Å². The maximum atomic E-state index is 12.8. The van der Waals surface area contributed by atoms with Crippen LogP contribution in [0.1, 0.15) is 24.8 Å². The van der Waals surface area contributed by atoms with Gasteiger partial charge in [0.25, 0.3) is 0 Å². The van der Waals surface area contributed by atoms with Gasteiger partial charge in [0.15, 0.2) is 5.16 Å².